The summed E-state index contributed by atoms with van der Waals surface area (Å²) >= 11 is 0. The maximum atomic E-state index is 12.9. The maximum Gasteiger partial charge on any atom is 0.344 e. The highest BCUT2D eigenvalue weighted by molar-refractivity contribution is 6.84. The van der Waals surface area contributed by atoms with Crippen LogP contribution in [-0.4, -0.2) is 16.6 Å². The highest BCUT2D eigenvalue weighted by Crippen LogP contribution is 2.26. The van der Waals surface area contributed by atoms with Gasteiger partial charge < -0.3 is 13.6 Å². The molecule has 220 valence electrons. The third-order valence-corrected chi connectivity index (χ3v) is 13.1. The van der Waals surface area contributed by atoms with E-state index < -0.39 is 40.8 Å². The minimum atomic E-state index is -2.49. The van der Waals surface area contributed by atoms with E-state index in [4.69, 9.17) is 4.12 Å². The summed E-state index contributed by atoms with van der Waals surface area (Å²) in [5.74, 6) is 0.0321. The number of hydrogen-bond acceptors (Lipinski definition) is 3. The van der Waals surface area contributed by atoms with Crippen molar-refractivity contribution in [2.24, 2.45) is 0 Å². The van der Waals surface area contributed by atoms with Gasteiger partial charge in [-0.05, 0) is 99.4 Å². The van der Waals surface area contributed by atoms with E-state index in [-0.39, 0.29) is 26.4 Å². The number of ether oxygens (including phenoxy) is 2. The van der Waals surface area contributed by atoms with Crippen molar-refractivity contribution in [1.82, 2.24) is 0 Å². The van der Waals surface area contributed by atoms with Crippen LogP contribution < -0.4 is 9.47 Å². The molecule has 2 aromatic carbocycles. The van der Waals surface area contributed by atoms with Crippen molar-refractivity contribution in [3.63, 3.8) is 0 Å². The first-order chi connectivity index (χ1) is 17.3. The van der Waals surface area contributed by atoms with Gasteiger partial charge >= 0.3 is 24.2 Å². The Labute approximate surface area is 230 Å². The molecular weight excluding hydrogens is 554 g/mol. The van der Waals surface area contributed by atoms with Gasteiger partial charge in [0.15, 0.2) is 16.6 Å². The van der Waals surface area contributed by atoms with Crippen LogP contribution in [0.25, 0.3) is 0 Å². The van der Waals surface area contributed by atoms with Crippen LogP contribution in [0.2, 0.25) is 38.3 Å². The molecule has 0 saturated heterocycles. The molecule has 0 unspecified atom stereocenters. The Hall–Kier alpha value is -2.51. The van der Waals surface area contributed by atoms with Crippen LogP contribution in [0.15, 0.2) is 72.7 Å². The second kappa shape index (κ2) is 16.6. The lowest BCUT2D eigenvalue weighted by Crippen LogP contribution is -2.44. The van der Waals surface area contributed by atoms with E-state index in [1.807, 2.05) is 0 Å². The van der Waals surface area contributed by atoms with Gasteiger partial charge in [0, 0.05) is 0 Å². The lowest BCUT2D eigenvalue weighted by Gasteiger charge is -2.34. The zero-order chi connectivity index (χ0) is 27.6. The molecule has 0 fully saturated rings. The summed E-state index contributed by atoms with van der Waals surface area (Å²) < 4.78 is 89.9. The number of aryl methyl sites for hydroxylation is 2. The number of halogens is 6. The first-order valence-electron chi connectivity index (χ1n) is 11.9. The fourth-order valence-corrected chi connectivity index (χ4v) is 12.9. The zero-order valence-corrected chi connectivity index (χ0v) is 23.4. The lowest BCUT2D eigenvalue weighted by molar-refractivity contribution is 0.241. The van der Waals surface area contributed by atoms with E-state index in [9.17, 15) is 26.3 Å². The van der Waals surface area contributed by atoms with Gasteiger partial charge in [0.1, 0.15) is 11.5 Å². The Morgan fingerprint density at radius 3 is 1.15 bits per heavy atom. The average Bonchev–Trinajstić information content (AvgIpc) is 2.80. The summed E-state index contributed by atoms with van der Waals surface area (Å²) in [6.07, 6.45) is -1.59. The largest absolute Gasteiger partial charge is 0.455 e. The van der Waals surface area contributed by atoms with Gasteiger partial charge in [-0.25, -0.2) is 0 Å². The summed E-state index contributed by atoms with van der Waals surface area (Å²) in [7, 11) is -3.84. The molecule has 2 aromatic rings. The van der Waals surface area contributed by atoms with Crippen molar-refractivity contribution in [2.45, 2.75) is 78.8 Å². The van der Waals surface area contributed by atoms with E-state index in [0.717, 1.165) is 48.9 Å². The summed E-state index contributed by atoms with van der Waals surface area (Å²) in [5, 5.41) is 0. The molecule has 0 N–H and O–H groups in total. The summed E-state index contributed by atoms with van der Waals surface area (Å²) in [6.45, 7) is 8.80. The third kappa shape index (κ3) is 13.9. The molecule has 0 heterocycles. The van der Waals surface area contributed by atoms with Crippen LogP contribution in [-0.2, 0) is 17.0 Å². The predicted octanol–water partition coefficient (Wildman–Crippen LogP) is 10.8. The summed E-state index contributed by atoms with van der Waals surface area (Å²) in [5.41, 5.74) is 2.01. The molecule has 0 bridgehead atoms. The van der Waals surface area contributed by atoms with Gasteiger partial charge in [0.25, 0.3) is 0 Å². The van der Waals surface area contributed by atoms with Crippen molar-refractivity contribution in [3.05, 3.63) is 83.8 Å². The summed E-state index contributed by atoms with van der Waals surface area (Å²) in [6, 6.07) is 10.9. The molecule has 39 heavy (non-hydrogen) atoms. The summed E-state index contributed by atoms with van der Waals surface area (Å²) in [4.78, 5) is 0. The Morgan fingerprint density at radius 1 is 0.564 bits per heavy atom. The Balaban J connectivity index is 0.00000722. The van der Waals surface area contributed by atoms with Crippen LogP contribution in [0.1, 0.15) is 38.8 Å². The van der Waals surface area contributed by atoms with Gasteiger partial charge in [0.05, 0.1) is 0 Å². The fraction of sp³-hybridized carbons (Fsp3) is 0.429. The van der Waals surface area contributed by atoms with Crippen molar-refractivity contribution in [3.8, 4) is 11.5 Å². The van der Waals surface area contributed by atoms with Gasteiger partial charge in [-0.1, -0.05) is 39.1 Å². The van der Waals surface area contributed by atoms with Crippen LogP contribution >= 0.6 is 0 Å². The highest BCUT2D eigenvalue weighted by Gasteiger charge is 2.32. The van der Waals surface area contributed by atoms with Gasteiger partial charge in [-0.3, -0.25) is 0 Å². The molecule has 11 heteroatoms. The molecule has 0 aliphatic heterocycles. The Kier molecular flexibility index (Phi) is 15.5. The number of benzene rings is 2. The van der Waals surface area contributed by atoms with E-state index in [0.29, 0.717) is 0 Å². The normalized spacial score (nSPS) is 11.1. The topological polar surface area (TPSA) is 27.7 Å². The lowest BCUT2D eigenvalue weighted by atomic mass is 10.1. The van der Waals surface area contributed by atoms with Crippen molar-refractivity contribution < 1.29 is 39.9 Å². The fourth-order valence-electron chi connectivity index (χ4n) is 4.02. The monoisotopic (exact) mass is 594 g/mol. The molecule has 3 nitrogen and oxygen atoms in total. The molecule has 0 aliphatic carbocycles. The van der Waals surface area contributed by atoms with Crippen LogP contribution in [0, 0.1) is 0 Å². The van der Waals surface area contributed by atoms with E-state index in [1.165, 1.54) is 24.3 Å². The minimum absolute atomic E-state index is 0. The van der Waals surface area contributed by atoms with Gasteiger partial charge in [-0.15, -0.1) is 0 Å². The Bertz CT molecular complexity index is 978. The van der Waals surface area contributed by atoms with Gasteiger partial charge in [0.2, 0.25) is 0 Å². The predicted molar refractivity (Wildman–Crippen MR) is 151 cm³/mol. The minimum Gasteiger partial charge on any atom is -0.455 e. The second-order valence-electron chi connectivity index (χ2n) is 9.89. The Morgan fingerprint density at radius 2 is 0.872 bits per heavy atom. The SMILES string of the molecule is C.C.C[Si](C)(CCCc1ccc(OC(F)=C(F)F)cc1)O[Si](C)(C)CCCc1ccc(OC(F)=C(F)F)cc1. The van der Waals surface area contributed by atoms with E-state index in [1.54, 1.807) is 24.3 Å². The van der Waals surface area contributed by atoms with Gasteiger partial charge in [-0.2, -0.15) is 26.3 Å². The molecule has 0 saturated carbocycles. The van der Waals surface area contributed by atoms with Crippen molar-refractivity contribution in [2.75, 3.05) is 0 Å². The molecule has 0 aromatic heterocycles. The molecule has 0 aliphatic rings. The van der Waals surface area contributed by atoms with Crippen LogP contribution in [0.5, 0.6) is 11.5 Å². The number of rotatable bonds is 14. The van der Waals surface area contributed by atoms with Crippen molar-refractivity contribution >= 4 is 16.6 Å². The van der Waals surface area contributed by atoms with Crippen molar-refractivity contribution in [1.29, 1.82) is 0 Å². The molecule has 0 radical (unpaired) electrons. The molecule has 0 spiro atoms. The second-order valence-corrected chi connectivity index (χ2v) is 18.7. The maximum absolute atomic E-state index is 12.9. The smallest absolute Gasteiger partial charge is 0.344 e. The first kappa shape index (κ1) is 36.5. The van der Waals surface area contributed by atoms with E-state index >= 15 is 0 Å². The number of hydrogen-bond donors (Lipinski definition) is 0. The van der Waals surface area contributed by atoms with Crippen LogP contribution in [0.3, 0.4) is 0 Å². The first-order valence-corrected chi connectivity index (χ1v) is 18.1. The molecule has 0 amide bonds. The molecular formula is C28H40F6O3Si2. The molecule has 0 atom stereocenters. The highest BCUT2D eigenvalue weighted by atomic mass is 28.4. The third-order valence-electron chi connectivity index (χ3n) is 5.60. The average molecular weight is 595 g/mol. The zero-order valence-electron chi connectivity index (χ0n) is 21.4. The van der Waals surface area contributed by atoms with E-state index in [2.05, 4.69) is 35.7 Å². The quantitative estimate of drug-likeness (QED) is 0.124. The van der Waals surface area contributed by atoms with Crippen LogP contribution in [0.4, 0.5) is 26.3 Å². The standard InChI is InChI=1S/C26H32F6O3Si2.2CH4/c1-36(2,17-5-7-19-9-13-21(14-10-19)33-25(31)23(27)28)35-37(3,4)18-6-8-20-11-15-22(16-12-20)34-26(32)24(29)30;;/h9-16H,5-8,17-18H2,1-4H3;2*1H4. The molecule has 2 rings (SSSR count).